The highest BCUT2D eigenvalue weighted by atomic mass is 32.2. The van der Waals surface area contributed by atoms with Crippen molar-refractivity contribution in [3.05, 3.63) is 5.89 Å². The van der Waals surface area contributed by atoms with E-state index in [1.54, 1.807) is 6.92 Å². The third-order valence-corrected chi connectivity index (χ3v) is 3.59. The zero-order chi connectivity index (χ0) is 12.1. The molecule has 1 amide bonds. The number of likely N-dealkylation sites (tertiary alicyclic amines) is 1. The first-order valence-corrected chi connectivity index (χ1v) is 6.95. The largest absolute Gasteiger partial charge is 0.416 e. The molecular formula is C11H17N3O2S. The summed E-state index contributed by atoms with van der Waals surface area (Å²) < 4.78 is 5.22. The summed E-state index contributed by atoms with van der Waals surface area (Å²) in [5, 5.41) is 8.06. The van der Waals surface area contributed by atoms with Crippen LogP contribution < -0.4 is 0 Å². The fraction of sp³-hybridized carbons (Fsp3) is 0.727. The Morgan fingerprint density at radius 2 is 2.00 bits per heavy atom. The lowest BCUT2D eigenvalue weighted by molar-refractivity contribution is -0.128. The summed E-state index contributed by atoms with van der Waals surface area (Å²) in [5.74, 6) is 1.10. The molecule has 0 unspecified atom stereocenters. The summed E-state index contributed by atoms with van der Waals surface area (Å²) in [6, 6.07) is 0. The van der Waals surface area contributed by atoms with Gasteiger partial charge in [-0.2, -0.15) is 0 Å². The standard InChI is InChI=1S/C11H17N3O2S/c1-9-12-13-11(16-9)17-8-10(15)14-6-4-2-3-5-7-14/h2-8H2,1H3. The van der Waals surface area contributed by atoms with E-state index in [9.17, 15) is 4.79 Å². The molecule has 1 fully saturated rings. The van der Waals surface area contributed by atoms with E-state index in [2.05, 4.69) is 10.2 Å². The Morgan fingerprint density at radius 3 is 2.59 bits per heavy atom. The molecule has 1 aliphatic rings. The smallest absolute Gasteiger partial charge is 0.277 e. The topological polar surface area (TPSA) is 59.2 Å². The number of carbonyl (C=O) groups excluding carboxylic acids is 1. The van der Waals surface area contributed by atoms with Gasteiger partial charge in [-0.3, -0.25) is 4.79 Å². The Morgan fingerprint density at radius 1 is 1.29 bits per heavy atom. The maximum atomic E-state index is 11.9. The number of amides is 1. The third-order valence-electron chi connectivity index (χ3n) is 2.79. The predicted molar refractivity (Wildman–Crippen MR) is 64.8 cm³/mol. The van der Waals surface area contributed by atoms with Crippen LogP contribution in [-0.2, 0) is 4.79 Å². The van der Waals surface area contributed by atoms with Gasteiger partial charge in [0.05, 0.1) is 5.75 Å². The van der Waals surface area contributed by atoms with Gasteiger partial charge in [0.15, 0.2) is 0 Å². The molecule has 17 heavy (non-hydrogen) atoms. The summed E-state index contributed by atoms with van der Waals surface area (Å²) in [6.07, 6.45) is 4.71. The molecule has 1 aromatic heterocycles. The van der Waals surface area contributed by atoms with Crippen molar-refractivity contribution in [2.75, 3.05) is 18.8 Å². The van der Waals surface area contributed by atoms with Crippen LogP contribution in [0.3, 0.4) is 0 Å². The Hall–Kier alpha value is -1.04. The highest BCUT2D eigenvalue weighted by Crippen LogP contribution is 2.17. The first-order chi connectivity index (χ1) is 8.25. The number of nitrogens with zero attached hydrogens (tertiary/aromatic N) is 3. The van der Waals surface area contributed by atoms with Gasteiger partial charge in [0, 0.05) is 20.0 Å². The summed E-state index contributed by atoms with van der Waals surface area (Å²) in [6.45, 7) is 3.53. The van der Waals surface area contributed by atoms with Crippen LogP contribution in [0.2, 0.25) is 0 Å². The molecule has 2 heterocycles. The number of hydrogen-bond donors (Lipinski definition) is 0. The van der Waals surface area contributed by atoms with E-state index in [1.807, 2.05) is 4.90 Å². The van der Waals surface area contributed by atoms with Crippen LogP contribution in [0.4, 0.5) is 0 Å². The molecule has 1 aromatic rings. The monoisotopic (exact) mass is 255 g/mol. The molecule has 1 saturated heterocycles. The number of thioether (sulfide) groups is 1. The lowest BCUT2D eigenvalue weighted by atomic mass is 10.2. The maximum Gasteiger partial charge on any atom is 0.277 e. The second-order valence-corrected chi connectivity index (χ2v) is 5.10. The second kappa shape index (κ2) is 6.05. The molecule has 94 valence electrons. The number of aryl methyl sites for hydroxylation is 1. The van der Waals surface area contributed by atoms with Gasteiger partial charge in [-0.15, -0.1) is 10.2 Å². The van der Waals surface area contributed by atoms with Crippen molar-refractivity contribution < 1.29 is 9.21 Å². The summed E-state index contributed by atoms with van der Waals surface area (Å²) in [4.78, 5) is 13.9. The molecule has 0 aliphatic carbocycles. The van der Waals surface area contributed by atoms with Crippen molar-refractivity contribution in [3.8, 4) is 0 Å². The SMILES string of the molecule is Cc1nnc(SCC(=O)N2CCCCCC2)o1. The lowest BCUT2D eigenvalue weighted by Gasteiger charge is -2.19. The van der Waals surface area contributed by atoms with Crippen LogP contribution in [0.15, 0.2) is 9.64 Å². The molecule has 0 N–H and O–H groups in total. The summed E-state index contributed by atoms with van der Waals surface area (Å²) >= 11 is 1.32. The van der Waals surface area contributed by atoms with Crippen LogP contribution in [-0.4, -0.2) is 39.8 Å². The molecule has 5 nitrogen and oxygen atoms in total. The highest BCUT2D eigenvalue weighted by Gasteiger charge is 2.16. The normalized spacial score (nSPS) is 16.9. The Bertz CT molecular complexity index is 373. The van der Waals surface area contributed by atoms with Crippen LogP contribution in [0.5, 0.6) is 0 Å². The Balaban J connectivity index is 1.79. The first-order valence-electron chi connectivity index (χ1n) is 5.96. The zero-order valence-electron chi connectivity index (χ0n) is 10.0. The van der Waals surface area contributed by atoms with Gasteiger partial charge in [0.2, 0.25) is 11.8 Å². The molecule has 0 bridgehead atoms. The van der Waals surface area contributed by atoms with Crippen molar-refractivity contribution >= 4 is 17.7 Å². The molecule has 0 radical (unpaired) electrons. The van der Waals surface area contributed by atoms with Crippen LogP contribution in [0.1, 0.15) is 31.6 Å². The van der Waals surface area contributed by atoms with Crippen molar-refractivity contribution in [1.82, 2.24) is 15.1 Å². The van der Waals surface area contributed by atoms with Gasteiger partial charge in [0.25, 0.3) is 5.22 Å². The van der Waals surface area contributed by atoms with Gasteiger partial charge in [0.1, 0.15) is 0 Å². The third kappa shape index (κ3) is 3.73. The van der Waals surface area contributed by atoms with Crippen molar-refractivity contribution in [3.63, 3.8) is 0 Å². The molecule has 0 aromatic carbocycles. The number of aromatic nitrogens is 2. The Kier molecular flexibility index (Phi) is 4.42. The van der Waals surface area contributed by atoms with Crippen molar-refractivity contribution in [1.29, 1.82) is 0 Å². The average molecular weight is 255 g/mol. The van der Waals surface area contributed by atoms with Gasteiger partial charge < -0.3 is 9.32 Å². The lowest BCUT2D eigenvalue weighted by Crippen LogP contribution is -2.33. The van der Waals surface area contributed by atoms with E-state index in [-0.39, 0.29) is 5.91 Å². The van der Waals surface area contributed by atoms with Crippen LogP contribution >= 0.6 is 11.8 Å². The number of carbonyl (C=O) groups is 1. The maximum absolute atomic E-state index is 11.9. The van der Waals surface area contributed by atoms with Gasteiger partial charge in [-0.05, 0) is 12.8 Å². The molecule has 0 saturated carbocycles. The number of hydrogen-bond acceptors (Lipinski definition) is 5. The summed E-state index contributed by atoms with van der Waals surface area (Å²) in [7, 11) is 0. The first kappa shape index (κ1) is 12.4. The summed E-state index contributed by atoms with van der Waals surface area (Å²) in [5.41, 5.74) is 0. The van der Waals surface area contributed by atoms with E-state index >= 15 is 0 Å². The molecule has 6 heteroatoms. The molecule has 0 spiro atoms. The van der Waals surface area contributed by atoms with E-state index in [0.29, 0.717) is 16.9 Å². The van der Waals surface area contributed by atoms with E-state index < -0.39 is 0 Å². The molecule has 1 aliphatic heterocycles. The van der Waals surface area contributed by atoms with E-state index in [1.165, 1.54) is 24.6 Å². The zero-order valence-corrected chi connectivity index (χ0v) is 10.8. The van der Waals surface area contributed by atoms with Crippen molar-refractivity contribution in [2.45, 2.75) is 37.8 Å². The fourth-order valence-electron chi connectivity index (χ4n) is 1.87. The van der Waals surface area contributed by atoms with Crippen molar-refractivity contribution in [2.24, 2.45) is 0 Å². The predicted octanol–water partition coefficient (Wildman–Crippen LogP) is 1.87. The highest BCUT2D eigenvalue weighted by molar-refractivity contribution is 7.99. The molecular weight excluding hydrogens is 238 g/mol. The van der Waals surface area contributed by atoms with Gasteiger partial charge in [-0.1, -0.05) is 24.6 Å². The van der Waals surface area contributed by atoms with Gasteiger partial charge in [-0.25, -0.2) is 0 Å². The Labute approximate surface area is 105 Å². The minimum absolute atomic E-state index is 0.174. The van der Waals surface area contributed by atoms with E-state index in [0.717, 1.165) is 25.9 Å². The number of rotatable bonds is 3. The van der Waals surface area contributed by atoms with Crippen LogP contribution in [0, 0.1) is 6.92 Å². The second-order valence-electron chi connectivity index (χ2n) is 4.17. The molecule has 0 atom stereocenters. The van der Waals surface area contributed by atoms with E-state index in [4.69, 9.17) is 4.42 Å². The fourth-order valence-corrected chi connectivity index (χ4v) is 2.58. The molecule has 2 rings (SSSR count). The van der Waals surface area contributed by atoms with Crippen LogP contribution in [0.25, 0.3) is 0 Å². The quantitative estimate of drug-likeness (QED) is 0.772. The average Bonchev–Trinajstić information content (AvgIpc) is 2.58. The minimum Gasteiger partial charge on any atom is -0.416 e. The minimum atomic E-state index is 0.174. The van der Waals surface area contributed by atoms with Gasteiger partial charge >= 0.3 is 0 Å².